The number of anilines is 1. The van der Waals surface area contributed by atoms with Gasteiger partial charge in [-0.15, -0.1) is 5.10 Å². The van der Waals surface area contributed by atoms with Crippen LogP contribution in [0.5, 0.6) is 5.75 Å². The first kappa shape index (κ1) is 14.8. The van der Waals surface area contributed by atoms with Crippen LogP contribution in [0.4, 0.5) is 5.82 Å². The fourth-order valence-electron chi connectivity index (χ4n) is 1.80. The van der Waals surface area contributed by atoms with Gasteiger partial charge >= 0.3 is 5.69 Å². The lowest BCUT2D eigenvalue weighted by molar-refractivity contribution is 0.315. The highest BCUT2D eigenvalue weighted by Gasteiger charge is 2.07. The van der Waals surface area contributed by atoms with Gasteiger partial charge in [-0.3, -0.25) is 9.36 Å². The maximum Gasteiger partial charge on any atom is 0.346 e. The number of para-hydroxylation sites is 1. The Bertz CT molecular complexity index is 706. The number of benzene rings is 1. The zero-order valence-corrected chi connectivity index (χ0v) is 12.1. The van der Waals surface area contributed by atoms with Gasteiger partial charge in [0.25, 0.3) is 5.56 Å². The van der Waals surface area contributed by atoms with Gasteiger partial charge in [-0.1, -0.05) is 18.2 Å². The van der Waals surface area contributed by atoms with Crippen molar-refractivity contribution < 1.29 is 4.74 Å². The molecule has 0 saturated carbocycles. The van der Waals surface area contributed by atoms with E-state index < -0.39 is 11.2 Å². The highest BCUT2D eigenvalue weighted by atomic mass is 16.5. The van der Waals surface area contributed by atoms with Crippen molar-refractivity contribution in [2.24, 2.45) is 14.1 Å². The van der Waals surface area contributed by atoms with Crippen molar-refractivity contribution in [1.82, 2.24) is 14.3 Å². The third-order valence-electron chi connectivity index (χ3n) is 2.95. The number of nitrogens with one attached hydrogen (secondary N) is 1. The van der Waals surface area contributed by atoms with Crippen LogP contribution < -0.4 is 21.3 Å². The van der Waals surface area contributed by atoms with E-state index in [0.29, 0.717) is 19.6 Å². The molecule has 7 heteroatoms. The molecule has 1 aromatic heterocycles. The summed E-state index contributed by atoms with van der Waals surface area (Å²) in [6.07, 6.45) is 0.711. The second-order valence-electron chi connectivity index (χ2n) is 4.56. The molecule has 0 radical (unpaired) electrons. The van der Waals surface area contributed by atoms with Crippen molar-refractivity contribution in [3.8, 4) is 5.75 Å². The minimum atomic E-state index is -0.446. The van der Waals surface area contributed by atoms with Gasteiger partial charge < -0.3 is 10.1 Å². The molecule has 1 N–H and O–H groups in total. The molecule has 7 nitrogen and oxygen atoms in total. The molecule has 1 heterocycles. The number of aryl methyl sites for hydroxylation is 1. The van der Waals surface area contributed by atoms with Gasteiger partial charge in [-0.2, -0.15) is 0 Å². The van der Waals surface area contributed by atoms with Crippen molar-refractivity contribution in [2.45, 2.75) is 6.42 Å². The van der Waals surface area contributed by atoms with E-state index in [1.54, 1.807) is 0 Å². The van der Waals surface area contributed by atoms with Gasteiger partial charge in [-0.05, 0) is 18.6 Å². The molecule has 0 bridgehead atoms. The largest absolute Gasteiger partial charge is 0.494 e. The molecule has 0 atom stereocenters. The number of rotatable bonds is 6. The Morgan fingerprint density at radius 2 is 1.90 bits per heavy atom. The van der Waals surface area contributed by atoms with Crippen molar-refractivity contribution in [2.75, 3.05) is 18.5 Å². The molecule has 21 heavy (non-hydrogen) atoms. The standard InChI is InChI=1S/C14H18N4O3/c1-17-13(19)12(16-18(2)14(17)20)15-9-6-10-21-11-7-4-3-5-8-11/h3-5,7-8H,6,9-10H2,1-2H3,(H,15,16). The molecule has 112 valence electrons. The fraction of sp³-hybridized carbons (Fsp3) is 0.357. The van der Waals surface area contributed by atoms with E-state index in [1.807, 2.05) is 30.3 Å². The predicted octanol–water partition coefficient (Wildman–Crippen LogP) is 0.360. The Labute approximate surface area is 121 Å². The van der Waals surface area contributed by atoms with E-state index in [2.05, 4.69) is 10.4 Å². The molecule has 1 aromatic carbocycles. The summed E-state index contributed by atoms with van der Waals surface area (Å²) in [6.45, 7) is 1.07. The Balaban J connectivity index is 1.84. The Morgan fingerprint density at radius 1 is 1.19 bits per heavy atom. The summed E-state index contributed by atoms with van der Waals surface area (Å²) in [4.78, 5) is 23.3. The van der Waals surface area contributed by atoms with E-state index in [0.717, 1.165) is 15.0 Å². The summed E-state index contributed by atoms with van der Waals surface area (Å²) in [6, 6.07) is 9.52. The summed E-state index contributed by atoms with van der Waals surface area (Å²) < 4.78 is 7.69. The molecule has 0 aliphatic heterocycles. The first-order valence-electron chi connectivity index (χ1n) is 6.65. The van der Waals surface area contributed by atoms with E-state index in [9.17, 15) is 9.59 Å². The zero-order chi connectivity index (χ0) is 15.2. The van der Waals surface area contributed by atoms with E-state index in [4.69, 9.17) is 4.74 Å². The molecule has 2 aromatic rings. The fourth-order valence-corrected chi connectivity index (χ4v) is 1.80. The van der Waals surface area contributed by atoms with Crippen molar-refractivity contribution in [3.63, 3.8) is 0 Å². The van der Waals surface area contributed by atoms with Crippen LogP contribution in [0.2, 0.25) is 0 Å². The van der Waals surface area contributed by atoms with Gasteiger partial charge in [0, 0.05) is 20.6 Å². The Morgan fingerprint density at radius 3 is 2.62 bits per heavy atom. The number of ether oxygens (including phenoxy) is 1. The summed E-state index contributed by atoms with van der Waals surface area (Å²) in [7, 11) is 2.93. The third kappa shape index (κ3) is 3.71. The molecule has 0 fully saturated rings. The summed E-state index contributed by atoms with van der Waals surface area (Å²) in [5.74, 6) is 0.980. The normalized spacial score (nSPS) is 10.4. The topological polar surface area (TPSA) is 78.2 Å². The van der Waals surface area contributed by atoms with Gasteiger partial charge in [0.05, 0.1) is 6.61 Å². The SMILES string of the molecule is Cn1nc(NCCCOc2ccccc2)c(=O)n(C)c1=O. The number of aromatic nitrogens is 3. The van der Waals surface area contributed by atoms with Crippen LogP contribution >= 0.6 is 0 Å². The van der Waals surface area contributed by atoms with Crippen LogP contribution in [0.25, 0.3) is 0 Å². The second kappa shape index (κ2) is 6.74. The Kier molecular flexibility index (Phi) is 4.76. The minimum absolute atomic E-state index is 0.166. The molecule has 0 spiro atoms. The lowest BCUT2D eigenvalue weighted by atomic mass is 10.3. The van der Waals surface area contributed by atoms with Crippen LogP contribution in [0, 0.1) is 0 Å². The third-order valence-corrected chi connectivity index (χ3v) is 2.95. The average Bonchev–Trinajstić information content (AvgIpc) is 2.50. The molecule has 0 amide bonds. The highest BCUT2D eigenvalue weighted by molar-refractivity contribution is 5.29. The first-order valence-corrected chi connectivity index (χ1v) is 6.65. The maximum atomic E-state index is 11.8. The van der Waals surface area contributed by atoms with Crippen molar-refractivity contribution in [1.29, 1.82) is 0 Å². The average molecular weight is 290 g/mol. The second-order valence-corrected chi connectivity index (χ2v) is 4.56. The molecule has 0 saturated heterocycles. The molecular weight excluding hydrogens is 272 g/mol. The lowest BCUT2D eigenvalue weighted by Crippen LogP contribution is -2.40. The van der Waals surface area contributed by atoms with Crippen LogP contribution in [0.1, 0.15) is 6.42 Å². The summed E-state index contributed by atoms with van der Waals surface area (Å²) >= 11 is 0. The zero-order valence-electron chi connectivity index (χ0n) is 12.1. The van der Waals surface area contributed by atoms with Gasteiger partial charge in [0.2, 0.25) is 5.82 Å². The smallest absolute Gasteiger partial charge is 0.346 e. The van der Waals surface area contributed by atoms with Crippen molar-refractivity contribution >= 4 is 5.82 Å². The summed E-state index contributed by atoms with van der Waals surface area (Å²) in [5.41, 5.74) is -0.875. The Hall–Kier alpha value is -2.57. The monoisotopic (exact) mass is 290 g/mol. The van der Waals surface area contributed by atoms with Crippen LogP contribution in [0.15, 0.2) is 39.9 Å². The van der Waals surface area contributed by atoms with Gasteiger partial charge in [-0.25, -0.2) is 9.48 Å². The summed E-state index contributed by atoms with van der Waals surface area (Å²) in [5, 5.41) is 6.83. The maximum absolute atomic E-state index is 11.8. The van der Waals surface area contributed by atoms with E-state index >= 15 is 0 Å². The number of hydrogen-bond donors (Lipinski definition) is 1. The lowest BCUT2D eigenvalue weighted by Gasteiger charge is -2.08. The van der Waals surface area contributed by atoms with Gasteiger partial charge in [0.15, 0.2) is 0 Å². The number of nitrogens with zero attached hydrogens (tertiary/aromatic N) is 3. The minimum Gasteiger partial charge on any atom is -0.494 e. The van der Waals surface area contributed by atoms with Crippen LogP contribution in [0.3, 0.4) is 0 Å². The quantitative estimate of drug-likeness (QED) is 0.777. The molecule has 0 unspecified atom stereocenters. The molecule has 0 aliphatic rings. The molecule has 0 aliphatic carbocycles. The van der Waals surface area contributed by atoms with Gasteiger partial charge in [0.1, 0.15) is 5.75 Å². The predicted molar refractivity (Wildman–Crippen MR) is 79.8 cm³/mol. The number of hydrogen-bond acceptors (Lipinski definition) is 5. The van der Waals surface area contributed by atoms with Crippen LogP contribution in [-0.2, 0) is 14.1 Å². The van der Waals surface area contributed by atoms with E-state index in [-0.39, 0.29) is 5.82 Å². The molecule has 2 rings (SSSR count). The van der Waals surface area contributed by atoms with Crippen LogP contribution in [-0.4, -0.2) is 27.5 Å². The molecular formula is C14H18N4O3. The van der Waals surface area contributed by atoms with E-state index in [1.165, 1.54) is 14.1 Å². The van der Waals surface area contributed by atoms with Crippen molar-refractivity contribution in [3.05, 3.63) is 51.2 Å². The highest BCUT2D eigenvalue weighted by Crippen LogP contribution is 2.08. The first-order chi connectivity index (χ1) is 10.1.